The van der Waals surface area contributed by atoms with Gasteiger partial charge >= 0.3 is 0 Å². The van der Waals surface area contributed by atoms with Gasteiger partial charge in [0.05, 0.1) is 6.10 Å². The summed E-state index contributed by atoms with van der Waals surface area (Å²) in [7, 11) is 0. The largest absolute Gasteiger partial charge is 0.491 e. The second-order valence-corrected chi connectivity index (χ2v) is 5.80. The number of hydrogen-bond donors (Lipinski definition) is 1. The van der Waals surface area contributed by atoms with E-state index in [1.807, 2.05) is 38.1 Å². The van der Waals surface area contributed by atoms with Crippen LogP contribution in [-0.4, -0.2) is 12.6 Å². The van der Waals surface area contributed by atoms with E-state index >= 15 is 0 Å². The molecule has 0 aliphatic rings. The Morgan fingerprint density at radius 3 is 2.52 bits per heavy atom. The first-order valence-corrected chi connectivity index (χ1v) is 7.72. The Kier molecular flexibility index (Phi) is 6.09. The normalized spacial score (nSPS) is 10.9. The van der Waals surface area contributed by atoms with Gasteiger partial charge in [-0.2, -0.15) is 0 Å². The number of nitrogens with one attached hydrogen (secondary N) is 1. The van der Waals surface area contributed by atoms with Gasteiger partial charge in [0.1, 0.15) is 5.75 Å². The first-order valence-electron chi connectivity index (χ1n) is 7.34. The molecule has 0 aliphatic heterocycles. The summed E-state index contributed by atoms with van der Waals surface area (Å²) in [4.78, 5) is 0. The maximum absolute atomic E-state index is 5.88. The molecule has 0 unspecified atom stereocenters. The van der Waals surface area contributed by atoms with Crippen LogP contribution in [0.2, 0.25) is 5.02 Å². The Morgan fingerprint density at radius 2 is 1.81 bits per heavy atom. The smallest absolute Gasteiger partial charge is 0.120 e. The molecule has 2 aromatic carbocycles. The molecule has 0 saturated carbocycles. The molecule has 0 aromatic heterocycles. The van der Waals surface area contributed by atoms with Gasteiger partial charge in [-0.05, 0) is 62.2 Å². The van der Waals surface area contributed by atoms with Gasteiger partial charge in [-0.25, -0.2) is 0 Å². The molecule has 2 aromatic rings. The van der Waals surface area contributed by atoms with Crippen LogP contribution in [0.5, 0.6) is 5.75 Å². The molecule has 0 radical (unpaired) electrons. The molecule has 0 aliphatic carbocycles. The van der Waals surface area contributed by atoms with Crippen molar-refractivity contribution in [3.63, 3.8) is 0 Å². The summed E-state index contributed by atoms with van der Waals surface area (Å²) in [6.45, 7) is 5.87. The van der Waals surface area contributed by atoms with Gasteiger partial charge < -0.3 is 10.1 Å². The third-order valence-corrected chi connectivity index (χ3v) is 3.36. The highest BCUT2D eigenvalue weighted by Crippen LogP contribution is 2.15. The van der Waals surface area contributed by atoms with E-state index in [2.05, 4.69) is 29.6 Å². The number of halogens is 1. The summed E-state index contributed by atoms with van der Waals surface area (Å²) in [5, 5.41) is 4.24. The van der Waals surface area contributed by atoms with Crippen molar-refractivity contribution in [2.24, 2.45) is 0 Å². The van der Waals surface area contributed by atoms with Crippen LogP contribution >= 0.6 is 11.6 Å². The first-order chi connectivity index (χ1) is 10.1. The average Bonchev–Trinajstić information content (AvgIpc) is 2.45. The molecule has 3 heteroatoms. The topological polar surface area (TPSA) is 21.3 Å². The summed E-state index contributed by atoms with van der Waals surface area (Å²) < 4.78 is 5.70. The quantitative estimate of drug-likeness (QED) is 0.763. The zero-order valence-electron chi connectivity index (χ0n) is 12.6. The average molecular weight is 304 g/mol. The number of rotatable bonds is 7. The van der Waals surface area contributed by atoms with Crippen molar-refractivity contribution >= 4 is 11.6 Å². The minimum atomic E-state index is 0.207. The lowest BCUT2D eigenvalue weighted by Crippen LogP contribution is -2.16. The second kappa shape index (κ2) is 8.06. The molecule has 0 spiro atoms. The minimum Gasteiger partial charge on any atom is -0.491 e. The lowest BCUT2D eigenvalue weighted by Gasteiger charge is -2.11. The van der Waals surface area contributed by atoms with Gasteiger partial charge in [-0.15, -0.1) is 0 Å². The second-order valence-electron chi connectivity index (χ2n) is 5.37. The molecule has 0 fully saturated rings. The number of ether oxygens (including phenoxy) is 1. The highest BCUT2D eigenvalue weighted by atomic mass is 35.5. The highest BCUT2D eigenvalue weighted by Gasteiger charge is 2.00. The Morgan fingerprint density at radius 1 is 1.05 bits per heavy atom. The number of hydrogen-bond acceptors (Lipinski definition) is 2. The van der Waals surface area contributed by atoms with Crippen LogP contribution in [0.25, 0.3) is 0 Å². The monoisotopic (exact) mass is 303 g/mol. The van der Waals surface area contributed by atoms with Crippen molar-refractivity contribution in [2.45, 2.75) is 32.9 Å². The van der Waals surface area contributed by atoms with Crippen LogP contribution in [0, 0.1) is 0 Å². The van der Waals surface area contributed by atoms with Crippen molar-refractivity contribution in [1.82, 2.24) is 5.32 Å². The molecule has 0 bridgehead atoms. The van der Waals surface area contributed by atoms with Crippen molar-refractivity contribution in [3.05, 3.63) is 64.7 Å². The van der Waals surface area contributed by atoms with E-state index in [0.717, 1.165) is 30.3 Å². The van der Waals surface area contributed by atoms with Gasteiger partial charge in [0.25, 0.3) is 0 Å². The van der Waals surface area contributed by atoms with Crippen molar-refractivity contribution in [2.75, 3.05) is 6.54 Å². The molecule has 0 saturated heterocycles. The van der Waals surface area contributed by atoms with Gasteiger partial charge in [0.2, 0.25) is 0 Å². The predicted molar refractivity (Wildman–Crippen MR) is 89.1 cm³/mol. The molecule has 0 amide bonds. The highest BCUT2D eigenvalue weighted by molar-refractivity contribution is 6.30. The minimum absolute atomic E-state index is 0.207. The van der Waals surface area contributed by atoms with Gasteiger partial charge in [0.15, 0.2) is 0 Å². The van der Waals surface area contributed by atoms with Crippen LogP contribution in [0.1, 0.15) is 25.0 Å². The summed E-state index contributed by atoms with van der Waals surface area (Å²) in [5.41, 5.74) is 2.54. The molecule has 21 heavy (non-hydrogen) atoms. The maximum atomic E-state index is 5.88. The predicted octanol–water partition coefficient (Wildman–Crippen LogP) is 4.46. The van der Waals surface area contributed by atoms with E-state index in [1.54, 1.807) is 0 Å². The van der Waals surface area contributed by atoms with Crippen LogP contribution in [-0.2, 0) is 13.0 Å². The molecular formula is C18H22ClNO. The summed E-state index contributed by atoms with van der Waals surface area (Å²) in [5.74, 6) is 0.932. The van der Waals surface area contributed by atoms with E-state index < -0.39 is 0 Å². The van der Waals surface area contributed by atoms with E-state index in [4.69, 9.17) is 16.3 Å². The molecule has 1 N–H and O–H groups in total. The Bertz CT molecular complexity index is 551. The molecule has 0 atom stereocenters. The molecular weight excluding hydrogens is 282 g/mol. The van der Waals surface area contributed by atoms with Crippen LogP contribution < -0.4 is 10.1 Å². The van der Waals surface area contributed by atoms with Crippen molar-refractivity contribution in [1.29, 1.82) is 0 Å². The third kappa shape index (κ3) is 5.78. The van der Waals surface area contributed by atoms with E-state index in [9.17, 15) is 0 Å². The zero-order chi connectivity index (χ0) is 15.1. The summed E-state index contributed by atoms with van der Waals surface area (Å²) in [6, 6.07) is 16.2. The van der Waals surface area contributed by atoms with Gasteiger partial charge in [-0.1, -0.05) is 35.9 Å². The van der Waals surface area contributed by atoms with Crippen molar-refractivity contribution in [3.8, 4) is 5.75 Å². The molecule has 112 valence electrons. The zero-order valence-corrected chi connectivity index (χ0v) is 13.4. The Hall–Kier alpha value is -1.51. The Balaban J connectivity index is 1.76. The molecule has 0 heterocycles. The SMILES string of the molecule is CC(C)Oc1cccc(CNCCc2ccc(Cl)cc2)c1. The van der Waals surface area contributed by atoms with Gasteiger partial charge in [-0.3, -0.25) is 0 Å². The molecule has 2 rings (SSSR count). The van der Waals surface area contributed by atoms with Gasteiger partial charge in [0, 0.05) is 11.6 Å². The third-order valence-electron chi connectivity index (χ3n) is 3.10. The van der Waals surface area contributed by atoms with Crippen molar-refractivity contribution < 1.29 is 4.74 Å². The van der Waals surface area contributed by atoms with Crippen LogP contribution in [0.3, 0.4) is 0 Å². The fourth-order valence-electron chi connectivity index (χ4n) is 2.12. The standard InChI is InChI=1S/C18H22ClNO/c1-14(2)21-18-5-3-4-16(12-18)13-20-11-10-15-6-8-17(19)9-7-15/h3-9,12,14,20H,10-11,13H2,1-2H3. The van der Waals surface area contributed by atoms with Crippen LogP contribution in [0.15, 0.2) is 48.5 Å². The van der Waals surface area contributed by atoms with E-state index in [0.29, 0.717) is 0 Å². The van der Waals surface area contributed by atoms with Crippen LogP contribution in [0.4, 0.5) is 0 Å². The lowest BCUT2D eigenvalue weighted by molar-refractivity contribution is 0.242. The maximum Gasteiger partial charge on any atom is 0.120 e. The number of benzene rings is 2. The fourth-order valence-corrected chi connectivity index (χ4v) is 2.24. The van der Waals surface area contributed by atoms with E-state index in [-0.39, 0.29) is 6.10 Å². The molecule has 2 nitrogen and oxygen atoms in total. The summed E-state index contributed by atoms with van der Waals surface area (Å²) >= 11 is 5.88. The lowest BCUT2D eigenvalue weighted by atomic mass is 10.1. The first kappa shape index (κ1) is 15.9. The fraction of sp³-hybridized carbons (Fsp3) is 0.333. The summed E-state index contributed by atoms with van der Waals surface area (Å²) in [6.07, 6.45) is 1.21. The Labute approximate surface area is 132 Å². The van der Waals surface area contributed by atoms with E-state index in [1.165, 1.54) is 11.1 Å².